The zero-order valence-corrected chi connectivity index (χ0v) is 10.6. The summed E-state index contributed by atoms with van der Waals surface area (Å²) in [7, 11) is 0. The number of rotatable bonds is 2. The van der Waals surface area contributed by atoms with Crippen molar-refractivity contribution in [3.05, 3.63) is 27.2 Å². The Labute approximate surface area is 97.4 Å². The molecule has 0 spiro atoms. The van der Waals surface area contributed by atoms with Crippen molar-refractivity contribution in [2.45, 2.75) is 26.8 Å². The number of nitrogens with two attached hydrogens (primary N) is 1. The SMILES string of the molecule is Cc1cc(Br)c(O)c(C(=O)C(C)N)c1C. The maximum absolute atomic E-state index is 11.8. The molecule has 0 fully saturated rings. The Morgan fingerprint density at radius 1 is 1.53 bits per heavy atom. The van der Waals surface area contributed by atoms with E-state index in [2.05, 4.69) is 15.9 Å². The number of carbonyl (C=O) groups excluding carboxylic acids is 1. The fourth-order valence-electron chi connectivity index (χ4n) is 1.39. The highest BCUT2D eigenvalue weighted by Gasteiger charge is 2.20. The van der Waals surface area contributed by atoms with Crippen LogP contribution in [0.5, 0.6) is 5.75 Å². The highest BCUT2D eigenvalue weighted by Crippen LogP contribution is 2.33. The van der Waals surface area contributed by atoms with E-state index in [-0.39, 0.29) is 11.5 Å². The number of hydrogen-bond donors (Lipinski definition) is 2. The molecule has 1 unspecified atom stereocenters. The third-order valence-corrected chi connectivity index (χ3v) is 3.04. The molecule has 0 radical (unpaired) electrons. The van der Waals surface area contributed by atoms with E-state index < -0.39 is 6.04 Å². The van der Waals surface area contributed by atoms with Crippen LogP contribution in [-0.4, -0.2) is 16.9 Å². The second kappa shape index (κ2) is 4.33. The molecule has 0 bridgehead atoms. The van der Waals surface area contributed by atoms with Crippen LogP contribution in [0.1, 0.15) is 28.4 Å². The molecular formula is C11H14BrNO2. The molecule has 0 aliphatic heterocycles. The van der Waals surface area contributed by atoms with Crippen molar-refractivity contribution in [1.82, 2.24) is 0 Å². The van der Waals surface area contributed by atoms with E-state index in [1.54, 1.807) is 19.9 Å². The van der Waals surface area contributed by atoms with Crippen LogP contribution < -0.4 is 5.73 Å². The summed E-state index contributed by atoms with van der Waals surface area (Å²) in [4.78, 5) is 11.8. The van der Waals surface area contributed by atoms with E-state index in [1.165, 1.54) is 0 Å². The fourth-order valence-corrected chi connectivity index (χ4v) is 1.93. The smallest absolute Gasteiger partial charge is 0.183 e. The van der Waals surface area contributed by atoms with E-state index in [0.717, 1.165) is 11.1 Å². The molecule has 3 N–H and O–H groups in total. The Hall–Kier alpha value is -0.870. The number of ketones is 1. The highest BCUT2D eigenvalue weighted by atomic mass is 79.9. The van der Waals surface area contributed by atoms with Gasteiger partial charge in [0.25, 0.3) is 0 Å². The van der Waals surface area contributed by atoms with Gasteiger partial charge < -0.3 is 10.8 Å². The minimum absolute atomic E-state index is 0.0274. The summed E-state index contributed by atoms with van der Waals surface area (Å²) in [6, 6.07) is 1.17. The van der Waals surface area contributed by atoms with Gasteiger partial charge in [-0.2, -0.15) is 0 Å². The normalized spacial score (nSPS) is 12.6. The first-order valence-corrected chi connectivity index (χ1v) is 5.44. The van der Waals surface area contributed by atoms with Gasteiger partial charge in [-0.15, -0.1) is 0 Å². The van der Waals surface area contributed by atoms with Gasteiger partial charge in [-0.1, -0.05) is 0 Å². The lowest BCUT2D eigenvalue weighted by Crippen LogP contribution is -2.27. The molecule has 4 heteroatoms. The maximum Gasteiger partial charge on any atom is 0.183 e. The third-order valence-electron chi connectivity index (χ3n) is 2.43. The molecule has 15 heavy (non-hydrogen) atoms. The van der Waals surface area contributed by atoms with Crippen molar-refractivity contribution in [2.75, 3.05) is 0 Å². The van der Waals surface area contributed by atoms with Gasteiger partial charge in [0, 0.05) is 0 Å². The van der Waals surface area contributed by atoms with Gasteiger partial charge >= 0.3 is 0 Å². The van der Waals surface area contributed by atoms with Gasteiger partial charge in [-0.3, -0.25) is 4.79 Å². The number of aromatic hydroxyl groups is 1. The van der Waals surface area contributed by atoms with Crippen LogP contribution >= 0.6 is 15.9 Å². The summed E-state index contributed by atoms with van der Waals surface area (Å²) in [5.74, 6) is -0.269. The minimum atomic E-state index is -0.608. The average molecular weight is 272 g/mol. The Balaban J connectivity index is 3.46. The highest BCUT2D eigenvalue weighted by molar-refractivity contribution is 9.10. The summed E-state index contributed by atoms with van der Waals surface area (Å²) in [6.07, 6.45) is 0. The third kappa shape index (κ3) is 2.21. The van der Waals surface area contributed by atoms with Crippen molar-refractivity contribution in [3.63, 3.8) is 0 Å². The number of phenols is 1. The Morgan fingerprint density at radius 3 is 2.53 bits per heavy atom. The lowest BCUT2D eigenvalue weighted by atomic mass is 9.96. The van der Waals surface area contributed by atoms with Crippen molar-refractivity contribution in [3.8, 4) is 5.75 Å². The van der Waals surface area contributed by atoms with Gasteiger partial charge in [-0.05, 0) is 53.9 Å². The van der Waals surface area contributed by atoms with E-state index in [9.17, 15) is 9.90 Å². The topological polar surface area (TPSA) is 63.3 Å². The van der Waals surface area contributed by atoms with Gasteiger partial charge in [0.2, 0.25) is 0 Å². The molecule has 1 atom stereocenters. The molecule has 0 saturated carbocycles. The molecule has 0 heterocycles. The predicted molar refractivity (Wildman–Crippen MR) is 63.3 cm³/mol. The Bertz CT molecular complexity index is 387. The second-order valence-electron chi connectivity index (χ2n) is 3.68. The zero-order chi connectivity index (χ0) is 11.7. The summed E-state index contributed by atoms with van der Waals surface area (Å²) >= 11 is 3.21. The van der Waals surface area contributed by atoms with E-state index >= 15 is 0 Å². The summed E-state index contributed by atoms with van der Waals surface area (Å²) < 4.78 is 0.523. The molecule has 0 saturated heterocycles. The summed E-state index contributed by atoms with van der Waals surface area (Å²) in [5, 5.41) is 9.80. The molecule has 0 aliphatic rings. The first kappa shape index (κ1) is 12.2. The number of Topliss-reactive ketones (excluding diaryl/α,β-unsaturated/α-hetero) is 1. The number of phenolic OH excluding ortho intramolecular Hbond substituents is 1. The molecule has 1 rings (SSSR count). The second-order valence-corrected chi connectivity index (χ2v) is 4.53. The van der Waals surface area contributed by atoms with Crippen LogP contribution in [0.25, 0.3) is 0 Å². The first-order chi connectivity index (χ1) is 6.86. The first-order valence-electron chi connectivity index (χ1n) is 4.64. The van der Waals surface area contributed by atoms with Crippen molar-refractivity contribution in [1.29, 1.82) is 0 Å². The van der Waals surface area contributed by atoms with Crippen molar-refractivity contribution < 1.29 is 9.90 Å². The molecule has 1 aromatic rings. The summed E-state index contributed by atoms with van der Waals surface area (Å²) in [5.41, 5.74) is 7.57. The largest absolute Gasteiger partial charge is 0.506 e. The molecule has 0 amide bonds. The number of benzene rings is 1. The van der Waals surface area contributed by atoms with Gasteiger partial charge in [0.15, 0.2) is 5.78 Å². The van der Waals surface area contributed by atoms with Crippen LogP contribution in [0.4, 0.5) is 0 Å². The van der Waals surface area contributed by atoms with E-state index in [0.29, 0.717) is 10.0 Å². The Kier molecular flexibility index (Phi) is 3.52. The van der Waals surface area contributed by atoms with E-state index in [4.69, 9.17) is 5.73 Å². The van der Waals surface area contributed by atoms with Gasteiger partial charge in [0.1, 0.15) is 5.75 Å². The predicted octanol–water partition coefficient (Wildman–Crippen LogP) is 2.30. The van der Waals surface area contributed by atoms with Crippen LogP contribution in [0.3, 0.4) is 0 Å². The van der Waals surface area contributed by atoms with Crippen molar-refractivity contribution >= 4 is 21.7 Å². The number of hydrogen-bond acceptors (Lipinski definition) is 3. The van der Waals surface area contributed by atoms with Crippen LogP contribution in [-0.2, 0) is 0 Å². The standard InChI is InChI=1S/C11H14BrNO2/c1-5-4-8(12)11(15)9(6(5)2)10(14)7(3)13/h4,7,15H,13H2,1-3H3. The van der Waals surface area contributed by atoms with Crippen LogP contribution in [0.2, 0.25) is 0 Å². The minimum Gasteiger partial charge on any atom is -0.506 e. The molecule has 0 aromatic heterocycles. The molecule has 1 aromatic carbocycles. The van der Waals surface area contributed by atoms with Gasteiger partial charge in [-0.25, -0.2) is 0 Å². The zero-order valence-electron chi connectivity index (χ0n) is 8.97. The quantitative estimate of drug-likeness (QED) is 0.812. The lowest BCUT2D eigenvalue weighted by molar-refractivity contribution is 0.0964. The fraction of sp³-hybridized carbons (Fsp3) is 0.364. The molecular weight excluding hydrogens is 258 g/mol. The van der Waals surface area contributed by atoms with Crippen LogP contribution in [0.15, 0.2) is 10.5 Å². The average Bonchev–Trinajstić information content (AvgIpc) is 2.15. The number of aryl methyl sites for hydroxylation is 1. The molecule has 3 nitrogen and oxygen atoms in total. The van der Waals surface area contributed by atoms with Crippen LogP contribution in [0, 0.1) is 13.8 Å². The monoisotopic (exact) mass is 271 g/mol. The van der Waals surface area contributed by atoms with Gasteiger partial charge in [0.05, 0.1) is 16.1 Å². The maximum atomic E-state index is 11.8. The molecule has 0 aliphatic carbocycles. The number of halogens is 1. The lowest BCUT2D eigenvalue weighted by Gasteiger charge is -2.13. The number of carbonyl (C=O) groups is 1. The summed E-state index contributed by atoms with van der Waals surface area (Å²) in [6.45, 7) is 5.30. The molecule has 82 valence electrons. The van der Waals surface area contributed by atoms with E-state index in [1.807, 2.05) is 6.92 Å². The Morgan fingerprint density at radius 2 is 2.07 bits per heavy atom. The van der Waals surface area contributed by atoms with Crippen molar-refractivity contribution in [2.24, 2.45) is 5.73 Å².